The van der Waals surface area contributed by atoms with Crippen molar-refractivity contribution in [1.82, 2.24) is 0 Å². The van der Waals surface area contributed by atoms with Gasteiger partial charge in [-0.3, -0.25) is 0 Å². The van der Waals surface area contributed by atoms with Crippen LogP contribution in [0.15, 0.2) is 48.5 Å². The van der Waals surface area contributed by atoms with Gasteiger partial charge in [-0.25, -0.2) is 0 Å². The van der Waals surface area contributed by atoms with Crippen LogP contribution in [-0.2, 0) is 0 Å². The fourth-order valence-electron chi connectivity index (χ4n) is 2.75. The van der Waals surface area contributed by atoms with Crippen LogP contribution in [-0.4, -0.2) is 19.1 Å². The van der Waals surface area contributed by atoms with Crippen LogP contribution in [0.2, 0.25) is 5.02 Å². The maximum atomic E-state index is 6.30. The summed E-state index contributed by atoms with van der Waals surface area (Å²) in [7, 11) is 0. The summed E-state index contributed by atoms with van der Waals surface area (Å²) in [6.45, 7) is 2.17. The predicted octanol–water partition coefficient (Wildman–Crippen LogP) is 5.03. The van der Waals surface area contributed by atoms with E-state index in [9.17, 15) is 0 Å². The Bertz CT molecular complexity index is 595. The Labute approximate surface area is 144 Å². The van der Waals surface area contributed by atoms with Crippen molar-refractivity contribution in [3.05, 3.63) is 57.1 Å². The third kappa shape index (κ3) is 3.83. The molecular formula is C17H18ClIN2. The van der Waals surface area contributed by atoms with Gasteiger partial charge in [-0.05, 0) is 65.8 Å². The van der Waals surface area contributed by atoms with Crippen LogP contribution in [0.1, 0.15) is 12.8 Å². The van der Waals surface area contributed by atoms with Crippen LogP contribution >= 0.6 is 34.2 Å². The zero-order valence-corrected chi connectivity index (χ0v) is 14.6. The van der Waals surface area contributed by atoms with E-state index < -0.39 is 0 Å². The van der Waals surface area contributed by atoms with Crippen molar-refractivity contribution in [2.75, 3.05) is 23.3 Å². The second-order valence-corrected chi connectivity index (χ2v) is 7.02. The van der Waals surface area contributed by atoms with Crippen molar-refractivity contribution in [3.63, 3.8) is 0 Å². The molecule has 1 aliphatic heterocycles. The second kappa shape index (κ2) is 6.88. The van der Waals surface area contributed by atoms with Gasteiger partial charge < -0.3 is 10.2 Å². The first kappa shape index (κ1) is 15.0. The molecule has 21 heavy (non-hydrogen) atoms. The summed E-state index contributed by atoms with van der Waals surface area (Å²) in [6.07, 6.45) is 2.27. The molecule has 0 bridgehead atoms. The minimum atomic E-state index is 0.502. The van der Waals surface area contributed by atoms with E-state index in [-0.39, 0.29) is 0 Å². The number of nitrogens with one attached hydrogen (secondary N) is 1. The third-order valence-corrected chi connectivity index (χ3v) is 4.89. The molecule has 110 valence electrons. The Kier molecular flexibility index (Phi) is 4.91. The summed E-state index contributed by atoms with van der Waals surface area (Å²) >= 11 is 8.58. The molecule has 0 spiro atoms. The molecule has 2 aromatic rings. The molecule has 1 heterocycles. The van der Waals surface area contributed by atoms with Crippen molar-refractivity contribution < 1.29 is 0 Å². The number of hydrogen-bond acceptors (Lipinski definition) is 2. The van der Waals surface area contributed by atoms with Gasteiger partial charge in [0.1, 0.15) is 0 Å². The summed E-state index contributed by atoms with van der Waals surface area (Å²) in [5, 5.41) is 4.40. The molecule has 0 amide bonds. The monoisotopic (exact) mass is 412 g/mol. The Morgan fingerprint density at radius 2 is 1.76 bits per heavy atom. The Hall–Kier alpha value is -0.940. The van der Waals surface area contributed by atoms with E-state index >= 15 is 0 Å². The van der Waals surface area contributed by atoms with Crippen molar-refractivity contribution in [3.8, 4) is 0 Å². The zero-order chi connectivity index (χ0) is 14.7. The Morgan fingerprint density at radius 1 is 1.05 bits per heavy atom. The molecule has 0 aromatic heterocycles. The van der Waals surface area contributed by atoms with E-state index in [4.69, 9.17) is 11.6 Å². The number of rotatable bonds is 3. The molecule has 2 aromatic carbocycles. The predicted molar refractivity (Wildman–Crippen MR) is 99.5 cm³/mol. The van der Waals surface area contributed by atoms with Gasteiger partial charge in [0.25, 0.3) is 0 Å². The number of benzene rings is 2. The minimum absolute atomic E-state index is 0.502. The van der Waals surface area contributed by atoms with Gasteiger partial charge >= 0.3 is 0 Å². The lowest BCUT2D eigenvalue weighted by Gasteiger charge is -2.34. The van der Waals surface area contributed by atoms with Gasteiger partial charge in [0, 0.05) is 28.4 Å². The molecule has 0 unspecified atom stereocenters. The quantitative estimate of drug-likeness (QED) is 0.712. The number of halogens is 2. The fourth-order valence-corrected chi connectivity index (χ4v) is 3.66. The Balaban J connectivity index is 1.59. The van der Waals surface area contributed by atoms with E-state index in [1.165, 1.54) is 9.26 Å². The minimum Gasteiger partial charge on any atom is -0.381 e. The van der Waals surface area contributed by atoms with E-state index in [1.807, 2.05) is 6.07 Å². The summed E-state index contributed by atoms with van der Waals surface area (Å²) in [5.41, 5.74) is 2.37. The number of para-hydroxylation sites is 1. The van der Waals surface area contributed by atoms with Crippen molar-refractivity contribution >= 4 is 45.6 Å². The lowest BCUT2D eigenvalue weighted by Crippen LogP contribution is -2.39. The number of piperidine rings is 1. The molecule has 0 radical (unpaired) electrons. The third-order valence-electron chi connectivity index (χ3n) is 3.91. The molecule has 1 fully saturated rings. The molecule has 2 nitrogen and oxygen atoms in total. The highest BCUT2D eigenvalue weighted by atomic mass is 127. The first-order chi connectivity index (χ1) is 10.2. The van der Waals surface area contributed by atoms with E-state index in [2.05, 4.69) is 75.3 Å². The molecule has 1 N–H and O–H groups in total. The summed E-state index contributed by atoms with van der Waals surface area (Å²) in [6, 6.07) is 17.3. The standard InChI is InChI=1S/C17H18ClIN2/c18-16-12-13(19)6-7-17(16)20-14-8-10-21(11-9-14)15-4-2-1-3-5-15/h1-7,12,14,20H,8-11H2. The van der Waals surface area contributed by atoms with Gasteiger partial charge in [-0.15, -0.1) is 0 Å². The van der Waals surface area contributed by atoms with E-state index in [1.54, 1.807) is 0 Å². The van der Waals surface area contributed by atoms with Gasteiger partial charge in [0.05, 0.1) is 10.7 Å². The van der Waals surface area contributed by atoms with E-state index in [0.29, 0.717) is 6.04 Å². The van der Waals surface area contributed by atoms with Crippen LogP contribution in [0.4, 0.5) is 11.4 Å². The lowest BCUT2D eigenvalue weighted by atomic mass is 10.0. The highest BCUT2D eigenvalue weighted by Crippen LogP contribution is 2.27. The summed E-state index contributed by atoms with van der Waals surface area (Å²) in [5.74, 6) is 0. The topological polar surface area (TPSA) is 15.3 Å². The summed E-state index contributed by atoms with van der Waals surface area (Å²) in [4.78, 5) is 2.45. The van der Waals surface area contributed by atoms with Crippen molar-refractivity contribution in [1.29, 1.82) is 0 Å². The fraction of sp³-hybridized carbons (Fsp3) is 0.294. The number of nitrogens with zero attached hydrogens (tertiary/aromatic N) is 1. The smallest absolute Gasteiger partial charge is 0.0648 e. The highest BCUT2D eigenvalue weighted by molar-refractivity contribution is 14.1. The number of anilines is 2. The first-order valence-electron chi connectivity index (χ1n) is 7.24. The van der Waals surface area contributed by atoms with Gasteiger partial charge in [0.2, 0.25) is 0 Å². The average molecular weight is 413 g/mol. The number of hydrogen-bond donors (Lipinski definition) is 1. The van der Waals surface area contributed by atoms with Crippen molar-refractivity contribution in [2.45, 2.75) is 18.9 Å². The van der Waals surface area contributed by atoms with Crippen LogP contribution in [0, 0.1) is 3.57 Å². The first-order valence-corrected chi connectivity index (χ1v) is 8.69. The van der Waals surface area contributed by atoms with Crippen LogP contribution in [0.5, 0.6) is 0 Å². The normalized spacial score (nSPS) is 16.0. The van der Waals surface area contributed by atoms with Gasteiger partial charge in [-0.2, -0.15) is 0 Å². The van der Waals surface area contributed by atoms with Crippen LogP contribution in [0.25, 0.3) is 0 Å². The maximum absolute atomic E-state index is 6.30. The lowest BCUT2D eigenvalue weighted by molar-refractivity contribution is 0.527. The summed E-state index contributed by atoms with van der Waals surface area (Å²) < 4.78 is 1.17. The maximum Gasteiger partial charge on any atom is 0.0648 e. The molecule has 1 saturated heterocycles. The van der Waals surface area contributed by atoms with Crippen LogP contribution < -0.4 is 10.2 Å². The molecule has 0 aliphatic carbocycles. The molecule has 0 atom stereocenters. The second-order valence-electron chi connectivity index (χ2n) is 5.37. The van der Waals surface area contributed by atoms with Gasteiger partial charge in [-0.1, -0.05) is 29.8 Å². The Morgan fingerprint density at radius 3 is 2.43 bits per heavy atom. The average Bonchev–Trinajstić information content (AvgIpc) is 2.52. The van der Waals surface area contributed by atoms with E-state index in [0.717, 1.165) is 36.6 Å². The highest BCUT2D eigenvalue weighted by Gasteiger charge is 2.19. The molecule has 3 rings (SSSR count). The zero-order valence-electron chi connectivity index (χ0n) is 11.7. The van der Waals surface area contributed by atoms with Gasteiger partial charge in [0.15, 0.2) is 0 Å². The molecule has 4 heteroatoms. The van der Waals surface area contributed by atoms with Crippen molar-refractivity contribution in [2.24, 2.45) is 0 Å². The largest absolute Gasteiger partial charge is 0.381 e. The SMILES string of the molecule is Clc1cc(I)ccc1NC1CCN(c2ccccc2)CC1. The molecule has 0 saturated carbocycles. The molecule has 1 aliphatic rings. The molecular weight excluding hydrogens is 395 g/mol. The van der Waals surface area contributed by atoms with Crippen LogP contribution in [0.3, 0.4) is 0 Å².